The number of carbonyl (C=O) groups is 1. The molecule has 2 N–H and O–H groups in total. The van der Waals surface area contributed by atoms with Gasteiger partial charge < -0.3 is 5.32 Å². The van der Waals surface area contributed by atoms with Gasteiger partial charge >= 0.3 is 0 Å². The Bertz CT molecular complexity index is 295. The summed E-state index contributed by atoms with van der Waals surface area (Å²) in [5, 5.41) is 9.27. The summed E-state index contributed by atoms with van der Waals surface area (Å²) in [6.45, 7) is 4.41. The maximum absolute atomic E-state index is 11.4. The Kier molecular flexibility index (Phi) is 3.48. The number of aromatic nitrogens is 2. The lowest BCUT2D eigenvalue weighted by atomic mass is 10.2. The predicted octanol–water partition coefficient (Wildman–Crippen LogP) is 1.23. The van der Waals surface area contributed by atoms with Crippen LogP contribution in [0, 0.1) is 6.92 Å². The fourth-order valence-corrected chi connectivity index (χ4v) is 1.07. The van der Waals surface area contributed by atoms with Crippen molar-refractivity contribution in [2.75, 3.05) is 6.54 Å². The van der Waals surface area contributed by atoms with E-state index in [1.165, 1.54) is 6.20 Å². The summed E-state index contributed by atoms with van der Waals surface area (Å²) in [7, 11) is 0. The van der Waals surface area contributed by atoms with Crippen LogP contribution >= 0.6 is 15.9 Å². The number of H-pyrrole nitrogens is 1. The van der Waals surface area contributed by atoms with Crippen LogP contribution in [0.2, 0.25) is 0 Å². The Morgan fingerprint density at radius 1 is 1.85 bits per heavy atom. The molecule has 0 radical (unpaired) electrons. The summed E-state index contributed by atoms with van der Waals surface area (Å²) >= 11 is 3.35. The normalized spacial score (nSPS) is 12.5. The van der Waals surface area contributed by atoms with Gasteiger partial charge in [0.25, 0.3) is 5.91 Å². The highest BCUT2D eigenvalue weighted by Gasteiger charge is 2.10. The number of nitrogens with one attached hydrogen (secondary N) is 2. The van der Waals surface area contributed by atoms with E-state index in [4.69, 9.17) is 0 Å². The molecule has 1 rings (SSSR count). The zero-order valence-corrected chi connectivity index (χ0v) is 9.18. The standard InChI is InChI=1S/C8H12BrN3O/c1-5(9)3-10-8(13)7-4-11-12-6(7)2/h4-5H,3H2,1-2H3,(H,10,13)(H,11,12). The van der Waals surface area contributed by atoms with E-state index in [0.717, 1.165) is 5.69 Å². The summed E-state index contributed by atoms with van der Waals surface area (Å²) in [5.41, 5.74) is 1.40. The van der Waals surface area contributed by atoms with E-state index in [-0.39, 0.29) is 10.7 Å². The molecule has 4 nitrogen and oxygen atoms in total. The molecule has 1 amide bonds. The number of halogens is 1. The van der Waals surface area contributed by atoms with Gasteiger partial charge in [0.1, 0.15) is 0 Å². The molecule has 72 valence electrons. The maximum Gasteiger partial charge on any atom is 0.254 e. The van der Waals surface area contributed by atoms with Gasteiger partial charge in [-0.15, -0.1) is 0 Å². The van der Waals surface area contributed by atoms with Crippen LogP contribution < -0.4 is 5.32 Å². The number of hydrogen-bond acceptors (Lipinski definition) is 2. The van der Waals surface area contributed by atoms with Crippen LogP contribution in [-0.4, -0.2) is 27.5 Å². The molecule has 0 aliphatic carbocycles. The smallest absolute Gasteiger partial charge is 0.254 e. The highest BCUT2D eigenvalue weighted by molar-refractivity contribution is 9.09. The fraction of sp³-hybridized carbons (Fsp3) is 0.500. The van der Waals surface area contributed by atoms with Gasteiger partial charge in [0.05, 0.1) is 11.8 Å². The van der Waals surface area contributed by atoms with E-state index in [1.54, 1.807) is 0 Å². The molecule has 0 bridgehead atoms. The van der Waals surface area contributed by atoms with Crippen molar-refractivity contribution in [2.45, 2.75) is 18.7 Å². The second-order valence-electron chi connectivity index (χ2n) is 2.90. The molecule has 1 aromatic rings. The highest BCUT2D eigenvalue weighted by Crippen LogP contribution is 2.02. The molecule has 1 unspecified atom stereocenters. The number of hydrogen-bond donors (Lipinski definition) is 2. The summed E-state index contributed by atoms with van der Waals surface area (Å²) < 4.78 is 0. The fourth-order valence-electron chi connectivity index (χ4n) is 0.908. The van der Waals surface area contributed by atoms with Crippen molar-refractivity contribution < 1.29 is 4.79 Å². The van der Waals surface area contributed by atoms with Crippen LogP contribution in [0.4, 0.5) is 0 Å². The quantitative estimate of drug-likeness (QED) is 0.788. The number of aryl methyl sites for hydroxylation is 1. The molecule has 0 saturated heterocycles. The summed E-state index contributed by atoms with van der Waals surface area (Å²) in [6, 6.07) is 0. The van der Waals surface area contributed by atoms with Gasteiger partial charge in [-0.3, -0.25) is 9.89 Å². The van der Waals surface area contributed by atoms with Crippen LogP contribution in [0.5, 0.6) is 0 Å². The third-order valence-electron chi connectivity index (χ3n) is 1.62. The topological polar surface area (TPSA) is 57.8 Å². The first-order chi connectivity index (χ1) is 6.11. The van der Waals surface area contributed by atoms with Gasteiger partial charge in [0.15, 0.2) is 0 Å². The van der Waals surface area contributed by atoms with Crippen molar-refractivity contribution in [3.05, 3.63) is 17.5 Å². The average molecular weight is 246 g/mol. The molecule has 1 aromatic heterocycles. The third-order valence-corrected chi connectivity index (χ3v) is 1.94. The van der Waals surface area contributed by atoms with Crippen molar-refractivity contribution in [3.8, 4) is 0 Å². The monoisotopic (exact) mass is 245 g/mol. The summed E-state index contributed by atoms with van der Waals surface area (Å²) in [6.07, 6.45) is 1.53. The molecular formula is C8H12BrN3O. The molecule has 1 atom stereocenters. The second kappa shape index (κ2) is 4.41. The second-order valence-corrected chi connectivity index (χ2v) is 4.46. The van der Waals surface area contributed by atoms with E-state index in [0.29, 0.717) is 12.1 Å². The van der Waals surface area contributed by atoms with E-state index in [9.17, 15) is 4.79 Å². The minimum absolute atomic E-state index is 0.0856. The molecule has 0 spiro atoms. The van der Waals surface area contributed by atoms with E-state index in [2.05, 4.69) is 31.4 Å². The highest BCUT2D eigenvalue weighted by atomic mass is 79.9. The van der Waals surface area contributed by atoms with E-state index in [1.807, 2.05) is 13.8 Å². The van der Waals surface area contributed by atoms with Gasteiger partial charge in [-0.05, 0) is 6.92 Å². The Hall–Kier alpha value is -0.840. The SMILES string of the molecule is Cc1[nH]ncc1C(=O)NCC(C)Br. The van der Waals surface area contributed by atoms with Gasteiger partial charge in [-0.2, -0.15) is 5.10 Å². The Morgan fingerprint density at radius 3 is 3.00 bits per heavy atom. The molecule has 1 heterocycles. The molecule has 0 aliphatic heterocycles. The van der Waals surface area contributed by atoms with Crippen molar-refractivity contribution in [1.82, 2.24) is 15.5 Å². The maximum atomic E-state index is 11.4. The van der Waals surface area contributed by atoms with Gasteiger partial charge in [0.2, 0.25) is 0 Å². The lowest BCUT2D eigenvalue weighted by molar-refractivity contribution is 0.0954. The number of carbonyl (C=O) groups excluding carboxylic acids is 1. The third kappa shape index (κ3) is 2.84. The minimum atomic E-state index is -0.0856. The summed E-state index contributed by atoms with van der Waals surface area (Å²) in [4.78, 5) is 11.7. The molecule has 0 saturated carbocycles. The molecular weight excluding hydrogens is 234 g/mol. The molecule has 0 fully saturated rings. The van der Waals surface area contributed by atoms with Crippen molar-refractivity contribution >= 4 is 21.8 Å². The van der Waals surface area contributed by atoms with Crippen LogP contribution in [0.25, 0.3) is 0 Å². The Balaban J connectivity index is 2.54. The van der Waals surface area contributed by atoms with Crippen LogP contribution in [-0.2, 0) is 0 Å². The zero-order valence-electron chi connectivity index (χ0n) is 7.60. The first-order valence-corrected chi connectivity index (χ1v) is 4.95. The number of aromatic amines is 1. The first-order valence-electron chi connectivity index (χ1n) is 4.03. The molecule has 0 aliphatic rings. The Labute approximate surface area is 85.2 Å². The number of nitrogens with zero attached hydrogens (tertiary/aromatic N) is 1. The lowest BCUT2D eigenvalue weighted by Gasteiger charge is -2.05. The van der Waals surface area contributed by atoms with Gasteiger partial charge in [0, 0.05) is 17.1 Å². The van der Waals surface area contributed by atoms with Crippen molar-refractivity contribution in [1.29, 1.82) is 0 Å². The van der Waals surface area contributed by atoms with Crippen LogP contribution in [0.3, 0.4) is 0 Å². The number of alkyl halides is 1. The van der Waals surface area contributed by atoms with Crippen LogP contribution in [0.1, 0.15) is 23.0 Å². The predicted molar refractivity (Wildman–Crippen MR) is 54.0 cm³/mol. The van der Waals surface area contributed by atoms with Crippen LogP contribution in [0.15, 0.2) is 6.20 Å². The molecule has 13 heavy (non-hydrogen) atoms. The first kappa shape index (κ1) is 10.2. The van der Waals surface area contributed by atoms with Gasteiger partial charge in [-0.1, -0.05) is 22.9 Å². The lowest BCUT2D eigenvalue weighted by Crippen LogP contribution is -2.28. The van der Waals surface area contributed by atoms with Gasteiger partial charge in [-0.25, -0.2) is 0 Å². The molecule has 5 heteroatoms. The number of rotatable bonds is 3. The number of amides is 1. The average Bonchev–Trinajstić information content (AvgIpc) is 2.47. The van der Waals surface area contributed by atoms with E-state index < -0.39 is 0 Å². The zero-order chi connectivity index (χ0) is 9.84. The minimum Gasteiger partial charge on any atom is -0.351 e. The Morgan fingerprint density at radius 2 is 2.54 bits per heavy atom. The molecule has 0 aromatic carbocycles. The largest absolute Gasteiger partial charge is 0.351 e. The van der Waals surface area contributed by atoms with Crippen molar-refractivity contribution in [3.63, 3.8) is 0 Å². The van der Waals surface area contributed by atoms with Crippen molar-refractivity contribution in [2.24, 2.45) is 0 Å². The summed E-state index contributed by atoms with van der Waals surface area (Å²) in [5.74, 6) is -0.0856. The van der Waals surface area contributed by atoms with E-state index >= 15 is 0 Å².